The summed E-state index contributed by atoms with van der Waals surface area (Å²) in [4.78, 5) is 13.6. The van der Waals surface area contributed by atoms with Gasteiger partial charge in [0.1, 0.15) is 5.69 Å². The van der Waals surface area contributed by atoms with Gasteiger partial charge in [-0.1, -0.05) is 18.5 Å². The van der Waals surface area contributed by atoms with E-state index in [-0.39, 0.29) is 6.42 Å². The average Bonchev–Trinajstić information content (AvgIpc) is 2.25. The van der Waals surface area contributed by atoms with Gasteiger partial charge in [-0.15, -0.1) is 0 Å². The Bertz CT molecular complexity index is 516. The first-order valence-corrected chi connectivity index (χ1v) is 5.29. The van der Waals surface area contributed by atoms with E-state index < -0.39 is 46.1 Å². The summed E-state index contributed by atoms with van der Waals surface area (Å²) in [6.45, 7) is 1.31. The number of hydrogen-bond acceptors (Lipinski definition) is 2. The van der Waals surface area contributed by atoms with Crippen LogP contribution in [0.2, 0.25) is 5.02 Å². The molecule has 0 aliphatic heterocycles. The highest BCUT2D eigenvalue weighted by Crippen LogP contribution is 2.39. The zero-order valence-corrected chi connectivity index (χ0v) is 10.1. The second-order valence-electron chi connectivity index (χ2n) is 3.47. The molecule has 0 amide bonds. The number of carboxylic acids is 1. The van der Waals surface area contributed by atoms with Crippen molar-refractivity contribution in [2.45, 2.75) is 25.9 Å². The quantitative estimate of drug-likeness (QED) is 0.860. The van der Waals surface area contributed by atoms with Crippen LogP contribution in [0.4, 0.5) is 22.0 Å². The van der Waals surface area contributed by atoms with Crippen LogP contribution >= 0.6 is 11.6 Å². The van der Waals surface area contributed by atoms with Crippen molar-refractivity contribution >= 4 is 17.6 Å². The van der Waals surface area contributed by atoms with Crippen LogP contribution in [0.25, 0.3) is 0 Å². The number of alkyl halides is 5. The van der Waals surface area contributed by atoms with Crippen LogP contribution in [0.1, 0.15) is 40.7 Å². The Kier molecular flexibility index (Phi) is 4.34. The summed E-state index contributed by atoms with van der Waals surface area (Å²) < 4.78 is 63.1. The Hall–Kier alpha value is -1.44. The Morgan fingerprint density at radius 3 is 2.26 bits per heavy atom. The topological polar surface area (TPSA) is 50.2 Å². The second-order valence-corrected chi connectivity index (χ2v) is 3.85. The van der Waals surface area contributed by atoms with E-state index in [1.807, 2.05) is 0 Å². The number of carbonyl (C=O) groups is 1. The molecule has 1 heterocycles. The first kappa shape index (κ1) is 15.6. The van der Waals surface area contributed by atoms with Gasteiger partial charge in [-0.05, 0) is 12.0 Å². The predicted molar refractivity (Wildman–Crippen MR) is 55.5 cm³/mol. The fourth-order valence-electron chi connectivity index (χ4n) is 1.55. The number of pyridine rings is 1. The number of carboxylic acid groups (broad SMARTS) is 1. The molecule has 0 fully saturated rings. The van der Waals surface area contributed by atoms with Crippen molar-refractivity contribution in [3.63, 3.8) is 0 Å². The van der Waals surface area contributed by atoms with Gasteiger partial charge in [-0.25, -0.2) is 18.6 Å². The highest BCUT2D eigenvalue weighted by molar-refractivity contribution is 6.32. The zero-order valence-electron chi connectivity index (χ0n) is 9.35. The van der Waals surface area contributed by atoms with Crippen LogP contribution in [0.3, 0.4) is 0 Å². The van der Waals surface area contributed by atoms with Gasteiger partial charge in [0.25, 0.3) is 6.43 Å². The second kappa shape index (κ2) is 5.28. The van der Waals surface area contributed by atoms with Crippen LogP contribution in [0, 0.1) is 0 Å². The van der Waals surface area contributed by atoms with E-state index in [1.54, 1.807) is 0 Å². The van der Waals surface area contributed by atoms with E-state index in [1.165, 1.54) is 6.92 Å². The molecule has 1 rings (SSSR count). The summed E-state index contributed by atoms with van der Waals surface area (Å²) in [7, 11) is 0. The minimum Gasteiger partial charge on any atom is -0.478 e. The molecule has 19 heavy (non-hydrogen) atoms. The maximum Gasteiger partial charge on any atom is 0.434 e. The number of nitrogens with zero attached hydrogens (tertiary/aromatic N) is 1. The molecule has 9 heteroatoms. The smallest absolute Gasteiger partial charge is 0.434 e. The SMILES string of the molecule is CCc1c(Cl)c(C(F)(F)F)nc(C(F)F)c1C(=O)O. The van der Waals surface area contributed by atoms with Gasteiger partial charge in [-0.3, -0.25) is 0 Å². The molecule has 0 spiro atoms. The molecule has 0 unspecified atom stereocenters. The molecule has 0 aromatic carbocycles. The molecule has 0 atom stereocenters. The van der Waals surface area contributed by atoms with Gasteiger partial charge in [-0.2, -0.15) is 13.2 Å². The molecular weight excluding hydrogens is 297 g/mol. The number of hydrogen-bond donors (Lipinski definition) is 1. The summed E-state index contributed by atoms with van der Waals surface area (Å²) in [5, 5.41) is 7.87. The van der Waals surface area contributed by atoms with E-state index in [9.17, 15) is 26.7 Å². The molecule has 0 saturated heterocycles. The van der Waals surface area contributed by atoms with Crippen molar-refractivity contribution in [3.05, 3.63) is 27.5 Å². The highest BCUT2D eigenvalue weighted by Gasteiger charge is 2.39. The lowest BCUT2D eigenvalue weighted by Gasteiger charge is -2.16. The van der Waals surface area contributed by atoms with Gasteiger partial charge < -0.3 is 5.11 Å². The van der Waals surface area contributed by atoms with E-state index in [4.69, 9.17) is 16.7 Å². The van der Waals surface area contributed by atoms with Crippen LogP contribution < -0.4 is 0 Å². The third-order valence-electron chi connectivity index (χ3n) is 2.31. The van der Waals surface area contributed by atoms with Gasteiger partial charge in [0.15, 0.2) is 5.69 Å². The van der Waals surface area contributed by atoms with Gasteiger partial charge in [0.2, 0.25) is 0 Å². The van der Waals surface area contributed by atoms with E-state index in [0.717, 1.165) is 0 Å². The molecule has 0 aliphatic carbocycles. The molecule has 0 aliphatic rings. The molecule has 0 saturated carbocycles. The van der Waals surface area contributed by atoms with Crippen LogP contribution in [0.15, 0.2) is 0 Å². The average molecular weight is 304 g/mol. The Morgan fingerprint density at radius 2 is 1.95 bits per heavy atom. The normalized spacial score (nSPS) is 12.0. The van der Waals surface area contributed by atoms with Gasteiger partial charge in [0.05, 0.1) is 10.6 Å². The minimum absolute atomic E-state index is 0.244. The first-order chi connectivity index (χ1) is 8.61. The maximum atomic E-state index is 12.7. The monoisotopic (exact) mass is 303 g/mol. The molecule has 1 aromatic rings. The molecule has 1 N–H and O–H groups in total. The highest BCUT2D eigenvalue weighted by atomic mass is 35.5. The first-order valence-electron chi connectivity index (χ1n) is 4.92. The molecule has 0 bridgehead atoms. The van der Waals surface area contributed by atoms with Crippen molar-refractivity contribution in [2.75, 3.05) is 0 Å². The predicted octanol–water partition coefficient (Wildman–Crippen LogP) is 3.95. The van der Waals surface area contributed by atoms with Crippen molar-refractivity contribution in [3.8, 4) is 0 Å². The van der Waals surface area contributed by atoms with E-state index in [2.05, 4.69) is 4.98 Å². The third kappa shape index (κ3) is 2.94. The summed E-state index contributed by atoms with van der Waals surface area (Å²) in [6.07, 6.45) is -8.73. The summed E-state index contributed by atoms with van der Waals surface area (Å²) in [5.74, 6) is -1.80. The maximum absolute atomic E-state index is 12.7. The number of halogens is 6. The van der Waals surface area contributed by atoms with Crippen molar-refractivity contribution in [2.24, 2.45) is 0 Å². The fourth-order valence-corrected chi connectivity index (χ4v) is 1.93. The van der Waals surface area contributed by atoms with Crippen molar-refractivity contribution in [1.82, 2.24) is 4.98 Å². The molecule has 106 valence electrons. The Labute approximate surface area is 109 Å². The number of rotatable bonds is 3. The molecular formula is C10H7ClF5NO2. The summed E-state index contributed by atoms with van der Waals surface area (Å²) in [6, 6.07) is 0. The van der Waals surface area contributed by atoms with E-state index in [0.29, 0.717) is 0 Å². The standard InChI is InChI=1S/C10H7ClF5NO2/c1-2-3-4(9(18)19)6(8(12)13)17-7(5(3)11)10(14,15)16/h8H,2H2,1H3,(H,18,19). The summed E-state index contributed by atoms with van der Waals surface area (Å²) in [5.41, 5.74) is -4.62. The van der Waals surface area contributed by atoms with Crippen LogP contribution in [-0.4, -0.2) is 16.1 Å². The third-order valence-corrected chi connectivity index (χ3v) is 2.71. The van der Waals surface area contributed by atoms with Gasteiger partial charge >= 0.3 is 12.1 Å². The molecule has 0 radical (unpaired) electrons. The Balaban J connectivity index is 3.77. The van der Waals surface area contributed by atoms with Gasteiger partial charge in [0, 0.05) is 0 Å². The lowest BCUT2D eigenvalue weighted by atomic mass is 10.0. The van der Waals surface area contributed by atoms with Crippen molar-refractivity contribution < 1.29 is 31.9 Å². The zero-order chi connectivity index (χ0) is 15.0. The lowest BCUT2D eigenvalue weighted by Crippen LogP contribution is -2.18. The largest absolute Gasteiger partial charge is 0.478 e. The van der Waals surface area contributed by atoms with Crippen molar-refractivity contribution in [1.29, 1.82) is 0 Å². The molecule has 1 aromatic heterocycles. The lowest BCUT2D eigenvalue weighted by molar-refractivity contribution is -0.141. The van der Waals surface area contributed by atoms with Crippen LogP contribution in [-0.2, 0) is 12.6 Å². The van der Waals surface area contributed by atoms with E-state index >= 15 is 0 Å². The number of aromatic nitrogens is 1. The summed E-state index contributed by atoms with van der Waals surface area (Å²) >= 11 is 5.43. The Morgan fingerprint density at radius 1 is 1.42 bits per heavy atom. The van der Waals surface area contributed by atoms with Crippen LogP contribution in [0.5, 0.6) is 0 Å². The molecule has 3 nitrogen and oxygen atoms in total. The number of aromatic carboxylic acids is 1. The minimum atomic E-state index is -5.04. The fraction of sp³-hybridized carbons (Fsp3) is 0.400.